The summed E-state index contributed by atoms with van der Waals surface area (Å²) < 4.78 is 7.56. The van der Waals surface area contributed by atoms with Crippen molar-refractivity contribution in [2.75, 3.05) is 24.3 Å². The molecule has 5 aromatic rings. The van der Waals surface area contributed by atoms with Crippen molar-refractivity contribution >= 4 is 22.9 Å². The number of amides is 1. The van der Waals surface area contributed by atoms with Crippen LogP contribution in [0.3, 0.4) is 0 Å². The molecular formula is C28H25N5O2. The molecule has 0 unspecified atom stereocenters. The van der Waals surface area contributed by atoms with Crippen LogP contribution in [0.2, 0.25) is 0 Å². The Morgan fingerprint density at radius 3 is 2.54 bits per heavy atom. The second kappa shape index (κ2) is 9.69. The number of anilines is 2. The van der Waals surface area contributed by atoms with Crippen LogP contribution in [-0.2, 0) is 6.61 Å². The summed E-state index contributed by atoms with van der Waals surface area (Å²) in [4.78, 5) is 19.5. The molecule has 3 aromatic carbocycles. The minimum absolute atomic E-state index is 0.278. The first-order valence-corrected chi connectivity index (χ1v) is 11.3. The first kappa shape index (κ1) is 22.2. The normalized spacial score (nSPS) is 10.8. The van der Waals surface area contributed by atoms with Crippen LogP contribution in [-0.4, -0.2) is 34.6 Å². The molecule has 7 heteroatoms. The van der Waals surface area contributed by atoms with Gasteiger partial charge in [0.15, 0.2) is 5.65 Å². The first-order chi connectivity index (χ1) is 17.1. The molecule has 0 saturated heterocycles. The van der Waals surface area contributed by atoms with E-state index < -0.39 is 0 Å². The molecule has 0 spiro atoms. The van der Waals surface area contributed by atoms with Gasteiger partial charge in [0.1, 0.15) is 18.1 Å². The molecular weight excluding hydrogens is 438 g/mol. The van der Waals surface area contributed by atoms with Gasteiger partial charge in [0.05, 0.1) is 6.20 Å². The fraction of sp³-hybridized carbons (Fsp3) is 0.107. The number of nitrogens with zero attached hydrogens (tertiary/aromatic N) is 4. The van der Waals surface area contributed by atoms with Gasteiger partial charge < -0.3 is 15.0 Å². The molecule has 1 N–H and O–H groups in total. The van der Waals surface area contributed by atoms with Crippen molar-refractivity contribution < 1.29 is 9.53 Å². The maximum atomic E-state index is 12.9. The van der Waals surface area contributed by atoms with Gasteiger partial charge in [-0.05, 0) is 47.5 Å². The van der Waals surface area contributed by atoms with Crippen molar-refractivity contribution in [1.29, 1.82) is 0 Å². The van der Waals surface area contributed by atoms with E-state index in [1.807, 2.05) is 97.9 Å². The lowest BCUT2D eigenvalue weighted by Gasteiger charge is -2.14. The number of ether oxygens (including phenoxy) is 1. The van der Waals surface area contributed by atoms with E-state index in [4.69, 9.17) is 4.74 Å². The first-order valence-electron chi connectivity index (χ1n) is 11.3. The zero-order valence-corrected chi connectivity index (χ0v) is 19.6. The number of fused-ring (bicyclic) bond motifs is 1. The standard InChI is InChI=1S/C28H25N5O2/c1-32(2)23-10-6-9-22(17-23)30-28(34)26-15-16-33-27(31-26)25(18-29-33)21-11-13-24(14-12-21)35-19-20-7-4-3-5-8-20/h3-18H,19H2,1-2H3,(H,30,34). The van der Waals surface area contributed by atoms with Gasteiger partial charge in [0.25, 0.3) is 5.91 Å². The molecule has 0 bridgehead atoms. The van der Waals surface area contributed by atoms with Crippen molar-refractivity contribution in [2.45, 2.75) is 6.61 Å². The predicted molar refractivity (Wildman–Crippen MR) is 138 cm³/mol. The Labute approximate surface area is 203 Å². The molecule has 0 fully saturated rings. The van der Waals surface area contributed by atoms with Crippen LogP contribution in [0.5, 0.6) is 5.75 Å². The highest BCUT2D eigenvalue weighted by molar-refractivity contribution is 6.03. The summed E-state index contributed by atoms with van der Waals surface area (Å²) >= 11 is 0. The van der Waals surface area contributed by atoms with Crippen molar-refractivity contribution in [3.8, 4) is 16.9 Å². The van der Waals surface area contributed by atoms with Gasteiger partial charge in [-0.2, -0.15) is 5.10 Å². The second-order valence-electron chi connectivity index (χ2n) is 8.34. The van der Waals surface area contributed by atoms with E-state index in [1.54, 1.807) is 23.0 Å². The highest BCUT2D eigenvalue weighted by Crippen LogP contribution is 2.26. The van der Waals surface area contributed by atoms with Crippen LogP contribution in [0.1, 0.15) is 16.1 Å². The molecule has 0 radical (unpaired) electrons. The summed E-state index contributed by atoms with van der Waals surface area (Å²) in [5.74, 6) is 0.502. The zero-order valence-electron chi connectivity index (χ0n) is 19.6. The van der Waals surface area contributed by atoms with Crippen molar-refractivity contribution in [2.24, 2.45) is 0 Å². The maximum Gasteiger partial charge on any atom is 0.274 e. The molecule has 0 aliphatic rings. The molecule has 0 saturated carbocycles. The summed E-state index contributed by atoms with van der Waals surface area (Å²) in [7, 11) is 3.92. The molecule has 2 aromatic heterocycles. The van der Waals surface area contributed by atoms with Gasteiger partial charge >= 0.3 is 0 Å². The predicted octanol–water partition coefficient (Wildman–Crippen LogP) is 5.29. The van der Waals surface area contributed by atoms with Crippen LogP contribution in [0, 0.1) is 0 Å². The molecule has 0 aliphatic carbocycles. The van der Waals surface area contributed by atoms with E-state index >= 15 is 0 Å². The van der Waals surface area contributed by atoms with E-state index in [9.17, 15) is 4.79 Å². The smallest absolute Gasteiger partial charge is 0.274 e. The lowest BCUT2D eigenvalue weighted by atomic mass is 10.1. The number of rotatable bonds is 7. The van der Waals surface area contributed by atoms with E-state index in [0.717, 1.165) is 28.1 Å². The molecule has 5 rings (SSSR count). The van der Waals surface area contributed by atoms with Crippen molar-refractivity contribution in [1.82, 2.24) is 14.6 Å². The van der Waals surface area contributed by atoms with Crippen molar-refractivity contribution in [3.05, 3.63) is 109 Å². The molecule has 35 heavy (non-hydrogen) atoms. The molecule has 2 heterocycles. The highest BCUT2D eigenvalue weighted by atomic mass is 16.5. The minimum atomic E-state index is -0.278. The number of benzene rings is 3. The van der Waals surface area contributed by atoms with Gasteiger partial charge in [-0.1, -0.05) is 48.5 Å². The monoisotopic (exact) mass is 463 g/mol. The maximum absolute atomic E-state index is 12.9. The van der Waals surface area contributed by atoms with Gasteiger partial charge in [-0.3, -0.25) is 4.79 Å². The largest absolute Gasteiger partial charge is 0.489 e. The van der Waals surface area contributed by atoms with Crippen LogP contribution in [0.4, 0.5) is 11.4 Å². The number of hydrogen-bond donors (Lipinski definition) is 1. The van der Waals surface area contributed by atoms with E-state index in [1.165, 1.54) is 0 Å². The molecule has 0 aliphatic heterocycles. The zero-order chi connectivity index (χ0) is 24.2. The van der Waals surface area contributed by atoms with E-state index in [-0.39, 0.29) is 5.91 Å². The Kier molecular flexibility index (Phi) is 6.13. The topological polar surface area (TPSA) is 71.8 Å². The van der Waals surface area contributed by atoms with Crippen LogP contribution in [0.15, 0.2) is 97.3 Å². The van der Waals surface area contributed by atoms with Gasteiger partial charge in [-0.15, -0.1) is 0 Å². The Morgan fingerprint density at radius 2 is 1.77 bits per heavy atom. The van der Waals surface area contributed by atoms with Gasteiger partial charge in [0.2, 0.25) is 0 Å². The summed E-state index contributed by atoms with van der Waals surface area (Å²) in [6, 6.07) is 27.2. The number of carbonyl (C=O) groups excluding carboxylic acids is 1. The Hall–Kier alpha value is -4.65. The number of carbonyl (C=O) groups is 1. The molecule has 0 atom stereocenters. The van der Waals surface area contributed by atoms with E-state index in [2.05, 4.69) is 15.4 Å². The van der Waals surface area contributed by atoms with Crippen LogP contribution in [0.25, 0.3) is 16.8 Å². The molecule has 1 amide bonds. The van der Waals surface area contributed by atoms with Crippen molar-refractivity contribution in [3.63, 3.8) is 0 Å². The number of aromatic nitrogens is 3. The average Bonchev–Trinajstić information content (AvgIpc) is 3.32. The SMILES string of the molecule is CN(C)c1cccc(NC(=O)c2ccn3ncc(-c4ccc(OCc5ccccc5)cc4)c3n2)c1. The fourth-order valence-corrected chi connectivity index (χ4v) is 3.73. The Morgan fingerprint density at radius 1 is 0.971 bits per heavy atom. The summed E-state index contributed by atoms with van der Waals surface area (Å²) in [5.41, 5.74) is 5.53. The number of hydrogen-bond acceptors (Lipinski definition) is 5. The molecule has 7 nitrogen and oxygen atoms in total. The Bertz CT molecular complexity index is 1460. The quantitative estimate of drug-likeness (QED) is 0.355. The molecule has 174 valence electrons. The summed E-state index contributed by atoms with van der Waals surface area (Å²) in [6.45, 7) is 0.508. The second-order valence-corrected chi connectivity index (χ2v) is 8.34. The number of nitrogens with one attached hydrogen (secondary N) is 1. The Balaban J connectivity index is 1.34. The fourth-order valence-electron chi connectivity index (χ4n) is 3.73. The average molecular weight is 464 g/mol. The highest BCUT2D eigenvalue weighted by Gasteiger charge is 2.14. The third kappa shape index (κ3) is 4.99. The minimum Gasteiger partial charge on any atom is -0.489 e. The van der Waals surface area contributed by atoms with E-state index in [0.29, 0.717) is 23.6 Å². The lowest BCUT2D eigenvalue weighted by Crippen LogP contribution is -2.15. The van der Waals surface area contributed by atoms with Gasteiger partial charge in [0, 0.05) is 37.2 Å². The lowest BCUT2D eigenvalue weighted by molar-refractivity contribution is 0.102. The van der Waals surface area contributed by atoms with Gasteiger partial charge in [-0.25, -0.2) is 9.50 Å². The third-order valence-corrected chi connectivity index (χ3v) is 5.64. The summed E-state index contributed by atoms with van der Waals surface area (Å²) in [5, 5.41) is 7.32. The summed E-state index contributed by atoms with van der Waals surface area (Å²) in [6.07, 6.45) is 3.50. The van der Waals surface area contributed by atoms with Crippen LogP contribution >= 0.6 is 0 Å². The van der Waals surface area contributed by atoms with Crippen LogP contribution < -0.4 is 15.0 Å². The third-order valence-electron chi connectivity index (χ3n) is 5.64.